The molecule has 0 atom stereocenters. The van der Waals surface area contributed by atoms with Crippen LogP contribution in [0.4, 0.5) is 11.4 Å². The molecule has 136 valence electrons. The topological polar surface area (TPSA) is 125 Å². The highest BCUT2D eigenvalue weighted by Crippen LogP contribution is 2.36. The van der Waals surface area contributed by atoms with Crippen LogP contribution in [0.25, 0.3) is 0 Å². The van der Waals surface area contributed by atoms with E-state index in [1.165, 1.54) is 12.1 Å². The predicted octanol–water partition coefficient (Wildman–Crippen LogP) is 1.18. The largest absolute Gasteiger partial charge is 0.464 e. The minimum atomic E-state index is -0.604. The molecular formula is C14H22N2O8. The fourth-order valence-corrected chi connectivity index (χ4v) is 1.56. The van der Waals surface area contributed by atoms with Crippen LogP contribution in [0.3, 0.4) is 0 Å². The van der Waals surface area contributed by atoms with Gasteiger partial charge in [-0.2, -0.15) is 0 Å². The molecule has 0 saturated heterocycles. The summed E-state index contributed by atoms with van der Waals surface area (Å²) in [6.45, 7) is 1.29. The maximum absolute atomic E-state index is 11.0. The van der Waals surface area contributed by atoms with Crippen LogP contribution in [-0.4, -0.2) is 59.2 Å². The summed E-state index contributed by atoms with van der Waals surface area (Å²) >= 11 is 0. The Balaban J connectivity index is 2.70. The molecule has 0 unspecified atom stereocenters. The summed E-state index contributed by atoms with van der Waals surface area (Å²) in [6, 6.07) is 2.49. The third-order valence-electron chi connectivity index (χ3n) is 2.75. The first kappa shape index (κ1) is 19.9. The number of nitrogens with zero attached hydrogens (tertiary/aromatic N) is 1. The van der Waals surface area contributed by atoms with Gasteiger partial charge in [-0.3, -0.25) is 10.1 Å². The van der Waals surface area contributed by atoms with Crippen molar-refractivity contribution >= 4 is 11.4 Å². The number of hydrogen-bond acceptors (Lipinski definition) is 9. The molecule has 10 nitrogen and oxygen atoms in total. The van der Waals surface area contributed by atoms with Crippen LogP contribution >= 0.6 is 0 Å². The summed E-state index contributed by atoms with van der Waals surface area (Å²) < 4.78 is 30.8. The zero-order chi connectivity index (χ0) is 17.8. The number of nitro benzene ring substituents is 1. The Bertz CT molecular complexity index is 512. The van der Waals surface area contributed by atoms with E-state index in [0.717, 1.165) is 0 Å². The zero-order valence-corrected chi connectivity index (χ0v) is 13.7. The van der Waals surface area contributed by atoms with Gasteiger partial charge in [0.1, 0.15) is 5.69 Å². The molecule has 1 aromatic rings. The summed E-state index contributed by atoms with van der Waals surface area (Å²) in [6.07, 6.45) is 0. The fraction of sp³-hybridized carbons (Fsp3) is 0.571. The molecule has 0 heterocycles. The van der Waals surface area contributed by atoms with E-state index in [1.54, 1.807) is 14.2 Å². The molecule has 0 aliphatic heterocycles. The van der Waals surface area contributed by atoms with E-state index >= 15 is 0 Å². The molecule has 1 rings (SSSR count). The summed E-state index contributed by atoms with van der Waals surface area (Å²) in [7, 11) is 3.10. The van der Waals surface area contributed by atoms with Crippen LogP contribution in [0, 0.1) is 10.1 Å². The van der Waals surface area contributed by atoms with E-state index in [9.17, 15) is 10.1 Å². The van der Waals surface area contributed by atoms with E-state index in [-0.39, 0.29) is 36.5 Å². The average molecular weight is 346 g/mol. The monoisotopic (exact) mass is 346 g/mol. The average Bonchev–Trinajstić information content (AvgIpc) is 2.55. The molecule has 1 aromatic carbocycles. The minimum absolute atomic E-state index is 0.0421. The molecule has 0 radical (unpaired) electrons. The Morgan fingerprint density at radius 1 is 0.958 bits per heavy atom. The number of nitrogen functional groups attached to an aromatic ring is 1. The second-order valence-electron chi connectivity index (χ2n) is 4.44. The van der Waals surface area contributed by atoms with E-state index < -0.39 is 4.92 Å². The van der Waals surface area contributed by atoms with Crippen molar-refractivity contribution in [3.63, 3.8) is 0 Å². The molecule has 0 saturated carbocycles. The maximum atomic E-state index is 11.0. The van der Waals surface area contributed by atoms with Crippen molar-refractivity contribution in [2.75, 3.05) is 60.0 Å². The normalized spacial score (nSPS) is 10.6. The molecule has 0 aliphatic rings. The quantitative estimate of drug-likeness (QED) is 0.184. The molecule has 10 heteroatoms. The third kappa shape index (κ3) is 6.96. The lowest BCUT2D eigenvalue weighted by Crippen LogP contribution is -2.11. The summed E-state index contributed by atoms with van der Waals surface area (Å²) in [5, 5.41) is 11.0. The van der Waals surface area contributed by atoms with Crippen molar-refractivity contribution in [2.24, 2.45) is 0 Å². The Hall–Kier alpha value is -2.14. The van der Waals surface area contributed by atoms with Crippen LogP contribution in [-0.2, 0) is 18.9 Å². The van der Waals surface area contributed by atoms with E-state index in [2.05, 4.69) is 0 Å². The Morgan fingerprint density at radius 3 is 1.92 bits per heavy atom. The number of nitro groups is 1. The number of ether oxygens (including phenoxy) is 6. The van der Waals surface area contributed by atoms with Gasteiger partial charge >= 0.3 is 0 Å². The van der Waals surface area contributed by atoms with Gasteiger partial charge in [0.25, 0.3) is 5.69 Å². The minimum Gasteiger partial charge on any atom is -0.464 e. The number of hydrogen-bond donors (Lipinski definition) is 1. The van der Waals surface area contributed by atoms with E-state index in [0.29, 0.717) is 26.4 Å². The Labute approximate surface area is 139 Å². The van der Waals surface area contributed by atoms with Gasteiger partial charge in [0.2, 0.25) is 0 Å². The molecule has 0 aliphatic carbocycles. The molecule has 2 N–H and O–H groups in total. The first-order valence-electron chi connectivity index (χ1n) is 7.07. The lowest BCUT2D eigenvalue weighted by Gasteiger charge is -2.14. The number of benzene rings is 1. The van der Waals surface area contributed by atoms with Gasteiger partial charge in [0.05, 0.1) is 37.4 Å². The van der Waals surface area contributed by atoms with Crippen LogP contribution in [0.5, 0.6) is 11.5 Å². The van der Waals surface area contributed by atoms with Gasteiger partial charge in [-0.05, 0) is 0 Å². The van der Waals surface area contributed by atoms with Gasteiger partial charge in [-0.15, -0.1) is 0 Å². The fourth-order valence-electron chi connectivity index (χ4n) is 1.56. The standard InChI is InChI=1S/C14H22N2O8/c1-19-3-5-21-9-23-13-7-11(15)12(16(17)18)8-14(13)24-10-22-6-4-20-2/h7-8H,3-6,9-10,15H2,1-2H3. The maximum Gasteiger partial charge on any atom is 0.296 e. The van der Waals surface area contributed by atoms with Gasteiger partial charge in [-0.1, -0.05) is 0 Å². The van der Waals surface area contributed by atoms with Gasteiger partial charge < -0.3 is 34.2 Å². The van der Waals surface area contributed by atoms with Crippen LogP contribution in [0.2, 0.25) is 0 Å². The van der Waals surface area contributed by atoms with Crippen LogP contribution < -0.4 is 15.2 Å². The summed E-state index contributed by atoms with van der Waals surface area (Å²) in [4.78, 5) is 10.4. The van der Waals surface area contributed by atoms with Gasteiger partial charge in [0, 0.05) is 20.3 Å². The SMILES string of the molecule is COCCOCOc1cc(N)c([N+](=O)[O-])cc1OCOCCOC. The lowest BCUT2D eigenvalue weighted by atomic mass is 10.2. The lowest BCUT2D eigenvalue weighted by molar-refractivity contribution is -0.384. The molecule has 0 bridgehead atoms. The molecule has 0 spiro atoms. The first-order valence-corrected chi connectivity index (χ1v) is 7.07. The van der Waals surface area contributed by atoms with Crippen molar-refractivity contribution in [1.82, 2.24) is 0 Å². The summed E-state index contributed by atoms with van der Waals surface area (Å²) in [5.74, 6) is 0.342. The smallest absolute Gasteiger partial charge is 0.296 e. The predicted molar refractivity (Wildman–Crippen MR) is 84.2 cm³/mol. The van der Waals surface area contributed by atoms with Gasteiger partial charge in [0.15, 0.2) is 25.1 Å². The molecule has 0 amide bonds. The van der Waals surface area contributed by atoms with Crippen molar-refractivity contribution in [3.05, 3.63) is 22.2 Å². The third-order valence-corrected chi connectivity index (χ3v) is 2.75. The first-order chi connectivity index (χ1) is 11.6. The number of anilines is 1. The van der Waals surface area contributed by atoms with E-state index in [1.807, 2.05) is 0 Å². The van der Waals surface area contributed by atoms with Crippen molar-refractivity contribution in [3.8, 4) is 11.5 Å². The van der Waals surface area contributed by atoms with Crippen molar-refractivity contribution in [2.45, 2.75) is 0 Å². The number of rotatable bonds is 13. The van der Waals surface area contributed by atoms with Crippen molar-refractivity contribution < 1.29 is 33.3 Å². The number of nitrogens with two attached hydrogens (primary N) is 1. The van der Waals surface area contributed by atoms with Crippen LogP contribution in [0.1, 0.15) is 0 Å². The highest BCUT2D eigenvalue weighted by atomic mass is 16.7. The highest BCUT2D eigenvalue weighted by Gasteiger charge is 2.18. The van der Waals surface area contributed by atoms with E-state index in [4.69, 9.17) is 34.2 Å². The zero-order valence-electron chi connectivity index (χ0n) is 13.7. The molecule has 24 heavy (non-hydrogen) atoms. The Kier molecular flexibility index (Phi) is 9.46. The summed E-state index contributed by atoms with van der Waals surface area (Å²) in [5.41, 5.74) is 5.33. The second kappa shape index (κ2) is 11.4. The number of methoxy groups -OCH3 is 2. The second-order valence-corrected chi connectivity index (χ2v) is 4.44. The molecular weight excluding hydrogens is 324 g/mol. The highest BCUT2D eigenvalue weighted by molar-refractivity contribution is 5.65. The van der Waals surface area contributed by atoms with Crippen LogP contribution in [0.15, 0.2) is 12.1 Å². The molecule has 0 aromatic heterocycles. The van der Waals surface area contributed by atoms with Crippen molar-refractivity contribution in [1.29, 1.82) is 0 Å². The Morgan fingerprint density at radius 2 is 1.46 bits per heavy atom. The van der Waals surface area contributed by atoms with Gasteiger partial charge in [-0.25, -0.2) is 0 Å². The molecule has 0 fully saturated rings.